The van der Waals surface area contributed by atoms with Crippen molar-refractivity contribution in [3.63, 3.8) is 0 Å². The zero-order chi connectivity index (χ0) is 13.5. The molecule has 104 valence electrons. The molecule has 1 heterocycles. The second-order valence-electron chi connectivity index (χ2n) is 6.07. The minimum Gasteiger partial charge on any atom is -0.487 e. The van der Waals surface area contributed by atoms with Gasteiger partial charge in [0.1, 0.15) is 11.4 Å². The highest BCUT2D eigenvalue weighted by Gasteiger charge is 2.42. The van der Waals surface area contributed by atoms with Gasteiger partial charge in [0.2, 0.25) is 0 Å². The second-order valence-corrected chi connectivity index (χ2v) is 6.07. The van der Waals surface area contributed by atoms with E-state index in [4.69, 9.17) is 15.2 Å². The van der Waals surface area contributed by atoms with E-state index >= 15 is 0 Å². The van der Waals surface area contributed by atoms with Crippen LogP contribution in [-0.4, -0.2) is 18.8 Å². The summed E-state index contributed by atoms with van der Waals surface area (Å²) in [5.41, 5.74) is 8.73. The Bertz CT molecular complexity index is 464. The summed E-state index contributed by atoms with van der Waals surface area (Å²) in [5, 5.41) is 0. The molecule has 1 saturated carbocycles. The number of hydrogen-bond acceptors (Lipinski definition) is 3. The smallest absolute Gasteiger partial charge is 0.124 e. The number of aryl methyl sites for hydroxylation is 1. The first-order chi connectivity index (χ1) is 9.12. The zero-order valence-corrected chi connectivity index (χ0v) is 11.8. The van der Waals surface area contributed by atoms with E-state index < -0.39 is 0 Å². The maximum Gasteiger partial charge on any atom is 0.124 e. The van der Waals surface area contributed by atoms with Crippen LogP contribution in [0.15, 0.2) is 18.2 Å². The molecule has 2 aliphatic rings. The molecule has 0 saturated heterocycles. The van der Waals surface area contributed by atoms with Crippen LogP contribution in [0.2, 0.25) is 0 Å². The Morgan fingerprint density at radius 1 is 1.32 bits per heavy atom. The second kappa shape index (κ2) is 4.80. The number of nitrogens with two attached hydrogens (primary N) is 1. The first kappa shape index (κ1) is 12.9. The Morgan fingerprint density at radius 3 is 2.74 bits per heavy atom. The lowest BCUT2D eigenvalue weighted by Gasteiger charge is -2.45. The molecule has 1 aliphatic carbocycles. The molecule has 0 unspecified atom stereocenters. The third kappa shape index (κ3) is 2.37. The van der Waals surface area contributed by atoms with Gasteiger partial charge in [0, 0.05) is 25.1 Å². The molecule has 0 radical (unpaired) electrons. The van der Waals surface area contributed by atoms with Crippen LogP contribution in [0.25, 0.3) is 0 Å². The molecule has 3 nitrogen and oxygen atoms in total. The molecule has 2 N–H and O–H groups in total. The van der Waals surface area contributed by atoms with Crippen molar-refractivity contribution in [3.8, 4) is 5.75 Å². The van der Waals surface area contributed by atoms with E-state index in [0.29, 0.717) is 6.10 Å². The van der Waals surface area contributed by atoms with E-state index in [-0.39, 0.29) is 11.6 Å². The Labute approximate surface area is 115 Å². The van der Waals surface area contributed by atoms with E-state index in [1.807, 2.05) is 0 Å². The van der Waals surface area contributed by atoms with E-state index in [9.17, 15) is 0 Å². The fourth-order valence-electron chi connectivity index (χ4n) is 3.50. The van der Waals surface area contributed by atoms with Crippen LogP contribution in [0.4, 0.5) is 0 Å². The molecular formula is C16H23NO2. The Morgan fingerprint density at radius 2 is 2.05 bits per heavy atom. The number of rotatable bonds is 1. The fraction of sp³-hybridized carbons (Fsp3) is 0.625. The summed E-state index contributed by atoms with van der Waals surface area (Å²) in [7, 11) is 1.80. The molecule has 3 heteroatoms. The largest absolute Gasteiger partial charge is 0.487 e. The maximum atomic E-state index is 6.38. The van der Waals surface area contributed by atoms with Crippen molar-refractivity contribution >= 4 is 0 Å². The van der Waals surface area contributed by atoms with Gasteiger partial charge >= 0.3 is 0 Å². The van der Waals surface area contributed by atoms with E-state index in [2.05, 4.69) is 25.1 Å². The summed E-state index contributed by atoms with van der Waals surface area (Å²) in [6, 6.07) is 6.44. The van der Waals surface area contributed by atoms with Crippen molar-refractivity contribution in [1.82, 2.24) is 0 Å². The van der Waals surface area contributed by atoms with Crippen molar-refractivity contribution in [2.24, 2.45) is 5.73 Å². The molecule has 1 fully saturated rings. The summed E-state index contributed by atoms with van der Waals surface area (Å²) in [6.07, 6.45) is 5.57. The van der Waals surface area contributed by atoms with Crippen LogP contribution in [0.3, 0.4) is 0 Å². The first-order valence-electron chi connectivity index (χ1n) is 7.20. The molecule has 19 heavy (non-hydrogen) atoms. The average Bonchev–Trinajstić information content (AvgIpc) is 2.41. The Hall–Kier alpha value is -1.06. The van der Waals surface area contributed by atoms with Crippen LogP contribution in [0.1, 0.15) is 49.3 Å². The van der Waals surface area contributed by atoms with Gasteiger partial charge in [-0.15, -0.1) is 0 Å². The summed E-state index contributed by atoms with van der Waals surface area (Å²) in [5.74, 6) is 0.986. The standard InChI is InChI=1S/C16H23NO2/c1-11-3-4-15-13(9-11)14(17)10-16(19-15)7-5-12(18-2)6-8-16/h3-4,9,12,14H,5-8,10,17H2,1-2H3/t12?,14-,16?/m0/s1. The molecule has 1 aliphatic heterocycles. The van der Waals surface area contributed by atoms with Gasteiger partial charge in [0.25, 0.3) is 0 Å². The molecule has 3 rings (SSSR count). The van der Waals surface area contributed by atoms with E-state index in [1.165, 1.54) is 11.1 Å². The van der Waals surface area contributed by atoms with Crippen molar-refractivity contribution < 1.29 is 9.47 Å². The predicted octanol–water partition coefficient (Wildman–Crippen LogP) is 3.11. The average molecular weight is 261 g/mol. The predicted molar refractivity (Wildman–Crippen MR) is 75.3 cm³/mol. The van der Waals surface area contributed by atoms with Crippen LogP contribution < -0.4 is 10.5 Å². The van der Waals surface area contributed by atoms with Gasteiger partial charge in [-0.3, -0.25) is 0 Å². The molecule has 1 atom stereocenters. The zero-order valence-electron chi connectivity index (χ0n) is 11.8. The van der Waals surface area contributed by atoms with Crippen molar-refractivity contribution in [2.45, 2.75) is 56.8 Å². The van der Waals surface area contributed by atoms with Crippen molar-refractivity contribution in [2.75, 3.05) is 7.11 Å². The lowest BCUT2D eigenvalue weighted by molar-refractivity contribution is -0.0428. The van der Waals surface area contributed by atoms with Gasteiger partial charge in [0.15, 0.2) is 0 Å². The van der Waals surface area contributed by atoms with Crippen LogP contribution in [-0.2, 0) is 4.74 Å². The quantitative estimate of drug-likeness (QED) is 0.844. The molecule has 0 amide bonds. The first-order valence-corrected chi connectivity index (χ1v) is 7.20. The highest BCUT2D eigenvalue weighted by Crippen LogP contribution is 2.45. The molecule has 0 bridgehead atoms. The normalized spacial score (nSPS) is 33.8. The molecule has 1 aromatic carbocycles. The third-order valence-electron chi connectivity index (χ3n) is 4.66. The van der Waals surface area contributed by atoms with Crippen LogP contribution in [0.5, 0.6) is 5.75 Å². The monoisotopic (exact) mass is 261 g/mol. The SMILES string of the molecule is COC1CCC2(CC1)C[C@H](N)c1cc(C)ccc1O2. The minimum absolute atomic E-state index is 0.0588. The topological polar surface area (TPSA) is 44.5 Å². The van der Waals surface area contributed by atoms with E-state index in [0.717, 1.165) is 37.9 Å². The van der Waals surface area contributed by atoms with Crippen molar-refractivity contribution in [3.05, 3.63) is 29.3 Å². The summed E-state index contributed by atoms with van der Waals surface area (Å²) >= 11 is 0. The van der Waals surface area contributed by atoms with Gasteiger partial charge < -0.3 is 15.2 Å². The van der Waals surface area contributed by atoms with Gasteiger partial charge in [-0.05, 0) is 38.7 Å². The van der Waals surface area contributed by atoms with Crippen LogP contribution in [0, 0.1) is 6.92 Å². The summed E-state index contributed by atoms with van der Waals surface area (Å²) in [4.78, 5) is 0. The maximum absolute atomic E-state index is 6.38. The molecule has 1 spiro atoms. The highest BCUT2D eigenvalue weighted by atomic mass is 16.5. The number of ether oxygens (including phenoxy) is 2. The minimum atomic E-state index is -0.0588. The molecule has 0 aromatic heterocycles. The highest BCUT2D eigenvalue weighted by molar-refractivity contribution is 5.41. The third-order valence-corrected chi connectivity index (χ3v) is 4.66. The fourth-order valence-corrected chi connectivity index (χ4v) is 3.50. The van der Waals surface area contributed by atoms with E-state index in [1.54, 1.807) is 7.11 Å². The van der Waals surface area contributed by atoms with Gasteiger partial charge in [0.05, 0.1) is 6.10 Å². The number of fused-ring (bicyclic) bond motifs is 1. The Balaban J connectivity index is 1.83. The van der Waals surface area contributed by atoms with Gasteiger partial charge in [-0.25, -0.2) is 0 Å². The van der Waals surface area contributed by atoms with Crippen LogP contribution >= 0.6 is 0 Å². The van der Waals surface area contributed by atoms with Gasteiger partial charge in [-0.1, -0.05) is 17.7 Å². The summed E-state index contributed by atoms with van der Waals surface area (Å²) in [6.45, 7) is 2.10. The number of hydrogen-bond donors (Lipinski definition) is 1. The number of methoxy groups -OCH3 is 1. The lowest BCUT2D eigenvalue weighted by Crippen LogP contribution is -2.46. The van der Waals surface area contributed by atoms with Gasteiger partial charge in [-0.2, -0.15) is 0 Å². The lowest BCUT2D eigenvalue weighted by atomic mass is 9.76. The van der Waals surface area contributed by atoms with Crippen molar-refractivity contribution in [1.29, 1.82) is 0 Å². The Kier molecular flexibility index (Phi) is 3.27. The molecule has 1 aromatic rings. The summed E-state index contributed by atoms with van der Waals surface area (Å²) < 4.78 is 11.8. The molecular weight excluding hydrogens is 238 g/mol. The number of benzene rings is 1.